The van der Waals surface area contributed by atoms with Gasteiger partial charge < -0.3 is 4.74 Å². The third-order valence-electron chi connectivity index (χ3n) is 3.74. The van der Waals surface area contributed by atoms with Gasteiger partial charge in [-0.05, 0) is 29.5 Å². The van der Waals surface area contributed by atoms with Gasteiger partial charge in [-0.15, -0.1) is 11.3 Å². The molecule has 0 bridgehead atoms. The first-order valence-electron chi connectivity index (χ1n) is 7.59. The van der Waals surface area contributed by atoms with Crippen LogP contribution in [0.15, 0.2) is 78.2 Å². The topological polar surface area (TPSA) is 26.3 Å². The first-order chi connectivity index (χ1) is 11.3. The van der Waals surface area contributed by atoms with Crippen molar-refractivity contribution in [3.05, 3.63) is 94.2 Å². The monoisotopic (exact) mass is 322 g/mol. The van der Waals surface area contributed by atoms with Crippen LogP contribution in [-0.2, 0) is 9.53 Å². The van der Waals surface area contributed by atoms with Gasteiger partial charge in [0.25, 0.3) is 0 Å². The molecular formula is C20H18O2S. The number of carbonyl (C=O) groups is 1. The highest BCUT2D eigenvalue weighted by Gasteiger charge is 2.26. The zero-order valence-corrected chi connectivity index (χ0v) is 13.7. The Kier molecular flexibility index (Phi) is 4.89. The van der Waals surface area contributed by atoms with Crippen molar-refractivity contribution in [2.24, 2.45) is 0 Å². The Morgan fingerprint density at radius 2 is 1.43 bits per heavy atom. The lowest BCUT2D eigenvalue weighted by Gasteiger charge is -2.20. The molecule has 0 unspecified atom stereocenters. The van der Waals surface area contributed by atoms with E-state index in [2.05, 4.69) is 0 Å². The van der Waals surface area contributed by atoms with Crippen molar-refractivity contribution < 1.29 is 9.53 Å². The molecule has 2 nitrogen and oxygen atoms in total. The van der Waals surface area contributed by atoms with Gasteiger partial charge in [-0.3, -0.25) is 4.79 Å². The van der Waals surface area contributed by atoms with E-state index in [0.717, 1.165) is 16.0 Å². The van der Waals surface area contributed by atoms with E-state index >= 15 is 0 Å². The molecule has 0 saturated carbocycles. The van der Waals surface area contributed by atoms with Gasteiger partial charge in [0.1, 0.15) is 12.0 Å². The van der Waals surface area contributed by atoms with Crippen LogP contribution in [-0.4, -0.2) is 5.97 Å². The summed E-state index contributed by atoms with van der Waals surface area (Å²) in [6.45, 7) is 1.91. The molecule has 0 aliphatic carbocycles. The third-order valence-corrected chi connectivity index (χ3v) is 4.77. The molecule has 116 valence electrons. The molecule has 1 aromatic heterocycles. The summed E-state index contributed by atoms with van der Waals surface area (Å²) in [5, 5.41) is 1.99. The van der Waals surface area contributed by atoms with Gasteiger partial charge >= 0.3 is 5.97 Å². The summed E-state index contributed by atoms with van der Waals surface area (Å²) in [5.41, 5.74) is 1.89. The van der Waals surface area contributed by atoms with Gasteiger partial charge in [0, 0.05) is 4.88 Å². The van der Waals surface area contributed by atoms with Gasteiger partial charge in [-0.25, -0.2) is 0 Å². The van der Waals surface area contributed by atoms with E-state index in [1.807, 2.05) is 85.1 Å². The van der Waals surface area contributed by atoms with Crippen LogP contribution in [0.1, 0.15) is 34.9 Å². The lowest BCUT2D eigenvalue weighted by atomic mass is 9.91. The molecule has 1 atom stereocenters. The van der Waals surface area contributed by atoms with E-state index < -0.39 is 5.92 Å². The minimum atomic E-state index is -0.403. The van der Waals surface area contributed by atoms with E-state index in [1.165, 1.54) is 0 Å². The zero-order chi connectivity index (χ0) is 16.1. The van der Waals surface area contributed by atoms with Crippen molar-refractivity contribution in [1.29, 1.82) is 0 Å². The third kappa shape index (κ3) is 3.69. The quantitative estimate of drug-likeness (QED) is 0.605. The Labute approximate surface area is 140 Å². The maximum absolute atomic E-state index is 12.8. The van der Waals surface area contributed by atoms with Crippen LogP contribution < -0.4 is 0 Å². The fraction of sp³-hybridized carbons (Fsp3) is 0.150. The maximum Gasteiger partial charge on any atom is 0.318 e. The average molecular weight is 322 g/mol. The van der Waals surface area contributed by atoms with E-state index in [9.17, 15) is 4.79 Å². The zero-order valence-electron chi connectivity index (χ0n) is 12.9. The lowest BCUT2D eigenvalue weighted by molar-refractivity contribution is -0.149. The molecule has 3 aromatic rings. The molecule has 2 aromatic carbocycles. The number of rotatable bonds is 5. The number of hydrogen-bond acceptors (Lipinski definition) is 3. The predicted molar refractivity (Wildman–Crippen MR) is 93.6 cm³/mol. The summed E-state index contributed by atoms with van der Waals surface area (Å²) in [6.07, 6.45) is -0.238. The Morgan fingerprint density at radius 3 is 1.91 bits per heavy atom. The molecule has 0 fully saturated rings. The number of benzene rings is 2. The van der Waals surface area contributed by atoms with Crippen molar-refractivity contribution in [2.45, 2.75) is 18.9 Å². The lowest BCUT2D eigenvalue weighted by Crippen LogP contribution is -2.18. The van der Waals surface area contributed by atoms with E-state index in [4.69, 9.17) is 4.74 Å². The van der Waals surface area contributed by atoms with Gasteiger partial charge in [-0.1, -0.05) is 66.7 Å². The molecule has 0 N–H and O–H groups in total. The molecule has 1 heterocycles. The van der Waals surface area contributed by atoms with Crippen LogP contribution in [0.25, 0.3) is 0 Å². The maximum atomic E-state index is 12.8. The largest absolute Gasteiger partial charge is 0.456 e. The van der Waals surface area contributed by atoms with Crippen LogP contribution in [0.2, 0.25) is 0 Å². The summed E-state index contributed by atoms with van der Waals surface area (Å²) in [5.74, 6) is -0.622. The number of esters is 1. The van der Waals surface area contributed by atoms with Gasteiger partial charge in [0.2, 0.25) is 0 Å². The fourth-order valence-electron chi connectivity index (χ4n) is 2.58. The average Bonchev–Trinajstić information content (AvgIpc) is 3.12. The summed E-state index contributed by atoms with van der Waals surface area (Å²) in [6, 6.07) is 23.5. The van der Waals surface area contributed by atoms with Crippen molar-refractivity contribution in [3.8, 4) is 0 Å². The van der Waals surface area contributed by atoms with Crippen LogP contribution >= 0.6 is 11.3 Å². The number of thiophene rings is 1. The molecule has 0 aliphatic heterocycles. The first kappa shape index (κ1) is 15.5. The molecule has 0 radical (unpaired) electrons. The predicted octanol–water partition coefficient (Wildman–Crippen LogP) is 5.18. The van der Waals surface area contributed by atoms with Crippen molar-refractivity contribution in [2.75, 3.05) is 0 Å². The Balaban J connectivity index is 1.88. The van der Waals surface area contributed by atoms with Crippen molar-refractivity contribution >= 4 is 17.3 Å². The van der Waals surface area contributed by atoms with Crippen LogP contribution in [0.5, 0.6) is 0 Å². The highest BCUT2D eigenvalue weighted by Crippen LogP contribution is 2.29. The molecule has 0 saturated heterocycles. The molecule has 23 heavy (non-hydrogen) atoms. The first-order valence-corrected chi connectivity index (χ1v) is 8.47. The van der Waals surface area contributed by atoms with Crippen LogP contribution in [0.3, 0.4) is 0 Å². The summed E-state index contributed by atoms with van der Waals surface area (Å²) in [4.78, 5) is 13.9. The SMILES string of the molecule is C[C@@H](OC(=O)C(c1ccccc1)c1ccccc1)c1cccs1. The van der Waals surface area contributed by atoms with Crippen LogP contribution in [0, 0.1) is 0 Å². The molecule has 0 aliphatic rings. The molecular weight excluding hydrogens is 304 g/mol. The Morgan fingerprint density at radius 1 is 0.870 bits per heavy atom. The second kappa shape index (κ2) is 7.25. The number of carbonyl (C=O) groups excluding carboxylic acids is 1. The second-order valence-electron chi connectivity index (χ2n) is 5.35. The molecule has 0 spiro atoms. The number of hydrogen-bond donors (Lipinski definition) is 0. The Hall–Kier alpha value is -2.39. The van der Waals surface area contributed by atoms with Gasteiger partial charge in [0.05, 0.1) is 0 Å². The standard InChI is InChI=1S/C20H18O2S/c1-15(18-13-8-14-23-18)22-20(21)19(16-9-4-2-5-10-16)17-11-6-3-7-12-17/h2-15,19H,1H3/t15-/m1/s1. The second-order valence-corrected chi connectivity index (χ2v) is 6.33. The number of ether oxygens (including phenoxy) is 1. The van der Waals surface area contributed by atoms with E-state index in [1.54, 1.807) is 11.3 Å². The fourth-order valence-corrected chi connectivity index (χ4v) is 3.29. The van der Waals surface area contributed by atoms with E-state index in [-0.39, 0.29) is 12.1 Å². The summed E-state index contributed by atoms with van der Waals surface area (Å²) >= 11 is 1.60. The van der Waals surface area contributed by atoms with E-state index in [0.29, 0.717) is 0 Å². The van der Waals surface area contributed by atoms with Crippen molar-refractivity contribution in [3.63, 3.8) is 0 Å². The highest BCUT2D eigenvalue weighted by molar-refractivity contribution is 7.10. The molecule has 3 heteroatoms. The summed E-state index contributed by atoms with van der Waals surface area (Å²) < 4.78 is 5.74. The minimum Gasteiger partial charge on any atom is -0.456 e. The molecule has 3 rings (SSSR count). The Bertz CT molecular complexity index is 696. The molecule has 0 amide bonds. The normalized spacial score (nSPS) is 12.1. The van der Waals surface area contributed by atoms with Crippen molar-refractivity contribution in [1.82, 2.24) is 0 Å². The van der Waals surface area contributed by atoms with Gasteiger partial charge in [-0.2, -0.15) is 0 Å². The smallest absolute Gasteiger partial charge is 0.318 e. The van der Waals surface area contributed by atoms with Gasteiger partial charge in [0.15, 0.2) is 0 Å². The highest BCUT2D eigenvalue weighted by atomic mass is 32.1. The minimum absolute atomic E-state index is 0.219. The van der Waals surface area contributed by atoms with Crippen LogP contribution in [0.4, 0.5) is 0 Å². The summed E-state index contributed by atoms with van der Waals surface area (Å²) in [7, 11) is 0.